The Kier molecular flexibility index (Phi) is 10.2. The minimum Gasteiger partial charge on any atom is -0.456 e. The lowest BCUT2D eigenvalue weighted by molar-refractivity contribution is 0.568. The van der Waals surface area contributed by atoms with E-state index in [0.29, 0.717) is 0 Å². The Balaban J connectivity index is 1.04. The van der Waals surface area contributed by atoms with E-state index >= 15 is 0 Å². The molecule has 0 saturated carbocycles. The number of nitrogens with zero attached hydrogens (tertiary/aromatic N) is 2. The van der Waals surface area contributed by atoms with Crippen LogP contribution in [0.25, 0.3) is 165 Å². The Hall–Kier alpha value is -9.38. The van der Waals surface area contributed by atoms with Crippen molar-refractivity contribution in [3.63, 3.8) is 0 Å². The van der Waals surface area contributed by atoms with Crippen molar-refractivity contribution in [1.29, 1.82) is 0 Å². The molecule has 418 valence electrons. The Morgan fingerprint density at radius 1 is 0.244 bits per heavy atom. The van der Waals surface area contributed by atoms with Crippen LogP contribution in [0.2, 0.25) is 0 Å². The van der Waals surface area contributed by atoms with Gasteiger partial charge in [-0.1, -0.05) is 217 Å². The second kappa shape index (κ2) is 17.2. The summed E-state index contributed by atoms with van der Waals surface area (Å²) in [5, 5.41) is 14.7. The van der Waals surface area contributed by atoms with Gasteiger partial charge in [-0.15, -0.1) is 0 Å². The lowest BCUT2D eigenvalue weighted by Gasteiger charge is -2.26. The monoisotopic (exact) mass is 1110 g/mol. The summed E-state index contributed by atoms with van der Waals surface area (Å²) in [5.41, 5.74) is 25.8. The lowest BCUT2D eigenvalue weighted by Crippen LogP contribution is -2.16. The van der Waals surface area contributed by atoms with E-state index in [1.807, 2.05) is 0 Å². The zero-order chi connectivity index (χ0) is 58.8. The van der Waals surface area contributed by atoms with E-state index in [1.54, 1.807) is 0 Å². The number of para-hydroxylation sites is 2. The molecular weight excluding hydrogens is 1040 g/mol. The zero-order valence-electron chi connectivity index (χ0n) is 51.2. The normalized spacial score (nSPS) is 13.3. The highest BCUT2D eigenvalue weighted by molar-refractivity contribution is 6.45. The van der Waals surface area contributed by atoms with Crippen molar-refractivity contribution in [2.24, 2.45) is 0 Å². The second-order valence-corrected chi connectivity index (χ2v) is 28.9. The van der Waals surface area contributed by atoms with Crippen LogP contribution in [0.15, 0.2) is 203 Å². The van der Waals surface area contributed by atoms with Crippen molar-refractivity contribution in [3.8, 4) is 44.5 Å². The number of rotatable bonds is 4. The summed E-state index contributed by atoms with van der Waals surface area (Å²) in [7, 11) is 0. The highest BCUT2D eigenvalue weighted by Gasteiger charge is 2.31. The number of hydrogen-bond donors (Lipinski definition) is 0. The largest absolute Gasteiger partial charge is 0.456 e. The predicted molar refractivity (Wildman–Crippen MR) is 367 cm³/mol. The molecule has 86 heavy (non-hydrogen) atoms. The van der Waals surface area contributed by atoms with E-state index in [4.69, 9.17) is 8.83 Å². The summed E-state index contributed by atoms with van der Waals surface area (Å²) in [6, 6.07) is 73.8. The highest BCUT2D eigenvalue weighted by atomic mass is 16.3. The Labute approximate surface area is 500 Å². The van der Waals surface area contributed by atoms with Crippen LogP contribution < -0.4 is 0 Å². The van der Waals surface area contributed by atoms with Gasteiger partial charge < -0.3 is 17.6 Å². The van der Waals surface area contributed by atoms with Crippen molar-refractivity contribution >= 4 is 120 Å². The van der Waals surface area contributed by atoms with Crippen LogP contribution in [0, 0.1) is 0 Å². The summed E-state index contributed by atoms with van der Waals surface area (Å²) in [4.78, 5) is 0. The maximum Gasteiger partial charge on any atom is 0.136 e. The molecule has 0 unspecified atom stereocenters. The molecule has 0 atom stereocenters. The summed E-state index contributed by atoms with van der Waals surface area (Å²) in [6.07, 6.45) is 0. The number of hydrogen-bond acceptors (Lipinski definition) is 2. The molecule has 17 aromatic rings. The van der Waals surface area contributed by atoms with Gasteiger partial charge in [0.1, 0.15) is 22.3 Å². The minimum atomic E-state index is -0.0335. The van der Waals surface area contributed by atoms with Crippen LogP contribution >= 0.6 is 0 Å². The van der Waals surface area contributed by atoms with Crippen LogP contribution in [0.1, 0.15) is 105 Å². The number of furan rings is 2. The highest BCUT2D eigenvalue weighted by Crippen LogP contribution is 2.54. The minimum absolute atomic E-state index is 0.0335. The van der Waals surface area contributed by atoms with E-state index in [1.165, 1.54) is 132 Å². The molecule has 17 rings (SSSR count). The van der Waals surface area contributed by atoms with Gasteiger partial charge in [-0.3, -0.25) is 0 Å². The molecule has 4 nitrogen and oxygen atoms in total. The molecule has 0 aliphatic heterocycles. The molecule has 0 radical (unpaired) electrons. The first kappa shape index (κ1) is 51.1. The van der Waals surface area contributed by atoms with E-state index in [-0.39, 0.29) is 21.7 Å². The van der Waals surface area contributed by atoms with Gasteiger partial charge in [0.15, 0.2) is 0 Å². The van der Waals surface area contributed by atoms with E-state index in [2.05, 4.69) is 286 Å². The maximum atomic E-state index is 6.53. The van der Waals surface area contributed by atoms with Gasteiger partial charge in [0, 0.05) is 64.6 Å². The van der Waals surface area contributed by atoms with Gasteiger partial charge in [-0.05, 0) is 149 Å². The molecule has 6 aromatic heterocycles. The Morgan fingerprint density at radius 2 is 0.593 bits per heavy atom. The molecule has 0 spiro atoms. The van der Waals surface area contributed by atoms with Crippen molar-refractivity contribution in [2.45, 2.75) is 105 Å². The zero-order valence-corrected chi connectivity index (χ0v) is 51.2. The van der Waals surface area contributed by atoms with Crippen molar-refractivity contribution < 1.29 is 8.83 Å². The van der Waals surface area contributed by atoms with Crippen molar-refractivity contribution in [2.75, 3.05) is 0 Å². The molecule has 0 N–H and O–H groups in total. The van der Waals surface area contributed by atoms with Crippen LogP contribution in [-0.4, -0.2) is 8.80 Å². The van der Waals surface area contributed by atoms with Gasteiger partial charge in [0.25, 0.3) is 0 Å². The molecule has 4 heteroatoms. The average Bonchev–Trinajstić information content (AvgIpc) is 1.49. The SMILES string of the molecule is CC(C)(C)c1cc(-c2ccc3c(c2)c2c4c5ccc(-c6cccc7oc8ccccc8c67)cc5n5c6ccc(-c7cc(C(C)(C)C)cc(C(C)(C)C)c7)cc6c(c6c7ccc(-c8cccc9oc%10ccccc%10c89)cc7n3c26)c45)cc(C(C)(C)C)c1. The fourth-order valence-corrected chi connectivity index (χ4v) is 14.7. The second-order valence-electron chi connectivity index (χ2n) is 28.9. The molecule has 0 aliphatic carbocycles. The standard InChI is InChI=1S/C82H68N2O2/c1-79(2,3)51-35-49(36-52(43-51)80(4,5)6)45-29-33-63-61(39-45)75-73-57-31-27-48(56-22-18-26-70-72(56)60-20-14-16-24-68(60)86-70)42-66(57)84-64-34-30-46(50-37-53(81(7,8)9)44-54(38-50)82(10,11)12)40-62(64)76(78(73)84)74-58-32-28-47(41-65(58)83(63)77(74)75)55-21-17-25-69-71(55)59-19-13-15-23-67(59)85-69/h13-44H,1-12H3. The van der Waals surface area contributed by atoms with Crippen molar-refractivity contribution in [3.05, 3.63) is 216 Å². The Morgan fingerprint density at radius 3 is 0.977 bits per heavy atom. The fourth-order valence-electron chi connectivity index (χ4n) is 14.7. The quantitative estimate of drug-likeness (QED) is 0.176. The third-order valence-electron chi connectivity index (χ3n) is 19.3. The van der Waals surface area contributed by atoms with Gasteiger partial charge in [0.05, 0.1) is 33.1 Å². The lowest BCUT2D eigenvalue weighted by atomic mass is 9.79. The number of fused-ring (bicyclic) bond motifs is 20. The molecule has 0 fully saturated rings. The van der Waals surface area contributed by atoms with Crippen LogP contribution in [0.4, 0.5) is 0 Å². The molecule has 0 aliphatic rings. The van der Waals surface area contributed by atoms with Gasteiger partial charge in [-0.25, -0.2) is 0 Å². The van der Waals surface area contributed by atoms with Crippen molar-refractivity contribution in [1.82, 2.24) is 8.80 Å². The first-order valence-electron chi connectivity index (χ1n) is 30.7. The van der Waals surface area contributed by atoms with E-state index in [0.717, 1.165) is 55.0 Å². The van der Waals surface area contributed by atoms with Crippen LogP contribution in [-0.2, 0) is 21.7 Å². The molecule has 0 saturated heterocycles. The Bertz CT molecular complexity index is 5320. The summed E-state index contributed by atoms with van der Waals surface area (Å²) in [6.45, 7) is 28.1. The molecule has 11 aromatic carbocycles. The van der Waals surface area contributed by atoms with Gasteiger partial charge >= 0.3 is 0 Å². The van der Waals surface area contributed by atoms with Crippen LogP contribution in [0.3, 0.4) is 0 Å². The third kappa shape index (κ3) is 7.22. The number of aromatic nitrogens is 2. The first-order chi connectivity index (χ1) is 41.2. The predicted octanol–water partition coefficient (Wildman–Crippen LogP) is 23.6. The van der Waals surface area contributed by atoms with Gasteiger partial charge in [-0.2, -0.15) is 0 Å². The first-order valence-corrected chi connectivity index (χ1v) is 30.7. The van der Waals surface area contributed by atoms with Gasteiger partial charge in [0.2, 0.25) is 0 Å². The average molecular weight is 1110 g/mol. The molecule has 0 amide bonds. The molecule has 0 bridgehead atoms. The van der Waals surface area contributed by atoms with E-state index in [9.17, 15) is 0 Å². The summed E-state index contributed by atoms with van der Waals surface area (Å²) < 4.78 is 18.3. The maximum absolute atomic E-state index is 6.53. The summed E-state index contributed by atoms with van der Waals surface area (Å²) >= 11 is 0. The third-order valence-corrected chi connectivity index (χ3v) is 19.3. The number of benzene rings is 11. The van der Waals surface area contributed by atoms with E-state index < -0.39 is 0 Å². The topological polar surface area (TPSA) is 35.1 Å². The fraction of sp³-hybridized carbons (Fsp3) is 0.195. The molecular formula is C82H68N2O2. The van der Waals surface area contributed by atoms with Crippen LogP contribution in [0.5, 0.6) is 0 Å². The molecule has 6 heterocycles. The smallest absolute Gasteiger partial charge is 0.136 e. The summed E-state index contributed by atoms with van der Waals surface area (Å²) in [5.74, 6) is 0.